The van der Waals surface area contributed by atoms with Crippen LogP contribution in [0.25, 0.3) is 11.0 Å². The molecule has 2 aromatic heterocycles. The van der Waals surface area contributed by atoms with Gasteiger partial charge in [-0.15, -0.1) is 0 Å². The van der Waals surface area contributed by atoms with Gasteiger partial charge in [-0.2, -0.15) is 5.26 Å². The first-order valence-electron chi connectivity index (χ1n) is 13.9. The highest BCUT2D eigenvalue weighted by molar-refractivity contribution is 5.97. The van der Waals surface area contributed by atoms with Gasteiger partial charge in [0.25, 0.3) is 0 Å². The zero-order valence-corrected chi connectivity index (χ0v) is 23.3. The first kappa shape index (κ1) is 27.1. The third-order valence-corrected chi connectivity index (χ3v) is 8.23. The molecule has 0 spiro atoms. The number of nitriles is 1. The molecule has 2 aromatic carbocycles. The molecule has 0 unspecified atom stereocenters. The number of carbonyl (C=O) groups is 1. The van der Waals surface area contributed by atoms with Crippen molar-refractivity contribution in [3.63, 3.8) is 0 Å². The Bertz CT molecular complexity index is 1660. The number of hydrogen-bond donors (Lipinski definition) is 0. The molecule has 0 amide bonds. The van der Waals surface area contributed by atoms with E-state index in [0.717, 1.165) is 61.6 Å². The molecule has 2 atom stereocenters. The number of likely N-dealkylation sites (tertiary alicyclic amines) is 1. The van der Waals surface area contributed by atoms with Gasteiger partial charge in [0.2, 0.25) is 5.88 Å². The second kappa shape index (κ2) is 11.0. The molecule has 2 saturated heterocycles. The van der Waals surface area contributed by atoms with Crippen molar-refractivity contribution < 1.29 is 18.7 Å². The fourth-order valence-corrected chi connectivity index (χ4v) is 5.67. The number of carbonyl (C=O) groups excluding carboxylic acids is 1. The molecule has 4 aromatic rings. The quantitative estimate of drug-likeness (QED) is 0.264. The molecular weight excluding hydrogens is 521 g/mol. The molecule has 9 heteroatoms. The summed E-state index contributed by atoms with van der Waals surface area (Å²) in [5, 5.41) is 8.96. The van der Waals surface area contributed by atoms with Crippen LogP contribution in [0.3, 0.4) is 0 Å². The van der Waals surface area contributed by atoms with Gasteiger partial charge in [-0.1, -0.05) is 19.1 Å². The molecule has 8 nitrogen and oxygen atoms in total. The summed E-state index contributed by atoms with van der Waals surface area (Å²) in [4.78, 5) is 24.2. The van der Waals surface area contributed by atoms with Gasteiger partial charge in [-0.3, -0.25) is 9.69 Å². The van der Waals surface area contributed by atoms with E-state index in [4.69, 9.17) is 24.7 Å². The van der Waals surface area contributed by atoms with Crippen molar-refractivity contribution in [1.82, 2.24) is 19.4 Å². The molecule has 4 heterocycles. The maximum absolute atomic E-state index is 14.3. The summed E-state index contributed by atoms with van der Waals surface area (Å²) in [6.07, 6.45) is 2.12. The Labute approximate surface area is 238 Å². The van der Waals surface area contributed by atoms with E-state index < -0.39 is 5.82 Å². The number of halogens is 1. The van der Waals surface area contributed by atoms with E-state index in [1.54, 1.807) is 25.1 Å². The van der Waals surface area contributed by atoms with E-state index >= 15 is 0 Å². The van der Waals surface area contributed by atoms with Gasteiger partial charge >= 0.3 is 0 Å². The van der Waals surface area contributed by atoms with E-state index in [-0.39, 0.29) is 29.5 Å². The second-order valence-corrected chi connectivity index (χ2v) is 11.3. The Morgan fingerprint density at radius 3 is 2.80 bits per heavy atom. The number of pyridine rings is 1. The molecule has 0 radical (unpaired) electrons. The zero-order valence-electron chi connectivity index (χ0n) is 23.3. The largest absolute Gasteiger partial charge is 0.473 e. The lowest BCUT2D eigenvalue weighted by atomic mass is 9.85. The summed E-state index contributed by atoms with van der Waals surface area (Å²) in [6, 6.07) is 17.7. The molecule has 41 heavy (non-hydrogen) atoms. The number of Topliss-reactive ketones (excluding diaryl/α,β-unsaturated/α-hetero) is 1. The smallest absolute Gasteiger partial charge is 0.213 e. The zero-order chi connectivity index (χ0) is 28.6. The van der Waals surface area contributed by atoms with Gasteiger partial charge in [-0.25, -0.2) is 14.4 Å². The Kier molecular flexibility index (Phi) is 7.28. The number of hydrogen-bond acceptors (Lipinski definition) is 7. The van der Waals surface area contributed by atoms with E-state index in [9.17, 15) is 9.18 Å². The molecule has 2 aliphatic heterocycles. The lowest BCUT2D eigenvalue weighted by Gasteiger charge is -2.28. The van der Waals surface area contributed by atoms with Crippen molar-refractivity contribution >= 4 is 16.8 Å². The van der Waals surface area contributed by atoms with Crippen LogP contribution in [0.1, 0.15) is 59.7 Å². The number of nitrogens with zero attached hydrogens (tertiary/aromatic N) is 5. The van der Waals surface area contributed by atoms with E-state index in [0.29, 0.717) is 23.6 Å². The number of imidazole rings is 1. The monoisotopic (exact) mass is 553 g/mol. The van der Waals surface area contributed by atoms with Crippen LogP contribution in [0.2, 0.25) is 0 Å². The first-order valence-corrected chi connectivity index (χ1v) is 13.9. The fraction of sp³-hybridized carbons (Fsp3) is 0.375. The average molecular weight is 554 g/mol. The highest BCUT2D eigenvalue weighted by Gasteiger charge is 2.37. The van der Waals surface area contributed by atoms with Crippen molar-refractivity contribution in [3.8, 4) is 11.9 Å². The highest BCUT2D eigenvalue weighted by Crippen LogP contribution is 2.35. The van der Waals surface area contributed by atoms with E-state index in [1.807, 2.05) is 36.4 Å². The minimum absolute atomic E-state index is 0.0309. The maximum atomic E-state index is 14.3. The predicted molar refractivity (Wildman–Crippen MR) is 151 cm³/mol. The standard InChI is InChI=1S/C32H32FN5O3/c1-21(39)23-8-9-27-28(15-23)38(17-25-10-13-40-25)30(35-27)18-37-12-11-32(2,20-37)29-4-3-5-31(36-29)41-19-24-7-6-22(16-34)14-26(24)33/h3-9,14-15,25H,10-13,17-20H2,1-2H3/t25-,32-/m0/s1. The number of aromatic nitrogens is 3. The van der Waals surface area contributed by atoms with Gasteiger partial charge in [-0.05, 0) is 62.7 Å². The maximum Gasteiger partial charge on any atom is 0.213 e. The van der Waals surface area contributed by atoms with Crippen LogP contribution in [0.5, 0.6) is 5.88 Å². The molecule has 0 saturated carbocycles. The van der Waals surface area contributed by atoms with Crippen LogP contribution in [0, 0.1) is 17.1 Å². The lowest BCUT2D eigenvalue weighted by Crippen LogP contribution is -2.33. The van der Waals surface area contributed by atoms with Crippen LogP contribution in [-0.4, -0.2) is 51.0 Å². The van der Waals surface area contributed by atoms with Gasteiger partial charge in [0.1, 0.15) is 18.2 Å². The van der Waals surface area contributed by atoms with E-state index in [2.05, 4.69) is 16.4 Å². The summed E-state index contributed by atoms with van der Waals surface area (Å²) < 4.78 is 28.1. The van der Waals surface area contributed by atoms with Crippen LogP contribution in [-0.2, 0) is 29.8 Å². The van der Waals surface area contributed by atoms with Crippen molar-refractivity contribution in [1.29, 1.82) is 5.26 Å². The van der Waals surface area contributed by atoms with Crippen molar-refractivity contribution in [2.75, 3.05) is 19.7 Å². The number of rotatable bonds is 9. The summed E-state index contributed by atoms with van der Waals surface area (Å²) in [5.74, 6) is 0.979. The molecule has 0 N–H and O–H groups in total. The number of benzene rings is 2. The molecule has 6 rings (SSSR count). The predicted octanol–water partition coefficient (Wildman–Crippen LogP) is 5.18. The third kappa shape index (κ3) is 5.58. The van der Waals surface area contributed by atoms with Crippen LogP contribution >= 0.6 is 0 Å². The van der Waals surface area contributed by atoms with Crippen molar-refractivity contribution in [2.45, 2.75) is 57.9 Å². The van der Waals surface area contributed by atoms with Crippen LogP contribution in [0.15, 0.2) is 54.6 Å². The van der Waals surface area contributed by atoms with Gasteiger partial charge in [0, 0.05) is 35.8 Å². The van der Waals surface area contributed by atoms with Crippen LogP contribution in [0.4, 0.5) is 4.39 Å². The summed E-state index contributed by atoms with van der Waals surface area (Å²) in [7, 11) is 0. The number of ketones is 1. The third-order valence-electron chi connectivity index (χ3n) is 8.23. The van der Waals surface area contributed by atoms with Gasteiger partial charge < -0.3 is 14.0 Å². The van der Waals surface area contributed by atoms with Gasteiger partial charge in [0.15, 0.2) is 5.78 Å². The molecule has 0 aliphatic carbocycles. The lowest BCUT2D eigenvalue weighted by molar-refractivity contribution is -0.0591. The highest BCUT2D eigenvalue weighted by atomic mass is 19.1. The minimum atomic E-state index is -0.467. The Morgan fingerprint density at radius 1 is 1.22 bits per heavy atom. The second-order valence-electron chi connectivity index (χ2n) is 11.3. The molecule has 2 aliphatic rings. The fourth-order valence-electron chi connectivity index (χ4n) is 5.67. The minimum Gasteiger partial charge on any atom is -0.473 e. The van der Waals surface area contributed by atoms with Crippen molar-refractivity contribution in [3.05, 3.63) is 88.6 Å². The average Bonchev–Trinajstić information content (AvgIpc) is 3.49. The molecule has 210 valence electrons. The Morgan fingerprint density at radius 2 is 2.07 bits per heavy atom. The van der Waals surface area contributed by atoms with Crippen molar-refractivity contribution in [2.24, 2.45) is 0 Å². The van der Waals surface area contributed by atoms with Gasteiger partial charge in [0.05, 0.1) is 47.6 Å². The topological polar surface area (TPSA) is 93.3 Å². The number of ether oxygens (including phenoxy) is 2. The Balaban J connectivity index is 1.18. The normalized spacial score (nSPS) is 20.6. The van der Waals surface area contributed by atoms with Crippen LogP contribution < -0.4 is 4.74 Å². The Hall–Kier alpha value is -4.13. The molecular formula is C32H32FN5O3. The summed E-state index contributed by atoms with van der Waals surface area (Å²) in [5.41, 5.74) is 3.93. The SMILES string of the molecule is CC(=O)c1ccc2nc(CN3CC[C@](C)(c4cccc(OCc5ccc(C#N)cc5F)n4)C3)n(C[C@@H]3CCO3)c2c1. The first-order chi connectivity index (χ1) is 19.8. The van der Waals surface area contributed by atoms with E-state index in [1.165, 1.54) is 6.07 Å². The molecule has 2 fully saturated rings. The molecule has 0 bridgehead atoms. The summed E-state index contributed by atoms with van der Waals surface area (Å²) in [6.45, 7) is 7.71. The summed E-state index contributed by atoms with van der Waals surface area (Å²) >= 11 is 0. The number of fused-ring (bicyclic) bond motifs is 1.